The standard InChI is InChI=1S/C27H24N2O5S/c1-19-7-11-22(12-8-19)33-15-16-34-23-13-9-20(10-14-23)17-24-26(31)29(27(32)35-24)18-25(30)28-21-5-3-2-4-6-21/h2-14,17H,15-16,18H2,1H3,(H,28,30)/b24-17-. The van der Waals surface area contributed by atoms with Gasteiger partial charge in [0, 0.05) is 5.69 Å². The number of aryl methyl sites for hydroxylation is 1. The molecule has 1 fully saturated rings. The summed E-state index contributed by atoms with van der Waals surface area (Å²) >= 11 is 0.815. The second-order valence-corrected chi connectivity index (χ2v) is 8.75. The van der Waals surface area contributed by atoms with Crippen LogP contribution in [0.3, 0.4) is 0 Å². The molecule has 178 valence electrons. The number of anilines is 1. The molecule has 8 heteroatoms. The predicted octanol–water partition coefficient (Wildman–Crippen LogP) is 5.13. The van der Waals surface area contributed by atoms with Crippen LogP contribution in [-0.4, -0.2) is 41.7 Å². The summed E-state index contributed by atoms with van der Waals surface area (Å²) in [5.74, 6) is 0.533. The van der Waals surface area contributed by atoms with Crippen LogP contribution in [0, 0.1) is 6.92 Å². The van der Waals surface area contributed by atoms with Gasteiger partial charge in [-0.3, -0.25) is 19.3 Å². The first-order valence-electron chi connectivity index (χ1n) is 11.0. The maximum Gasteiger partial charge on any atom is 0.294 e. The van der Waals surface area contributed by atoms with Gasteiger partial charge in [-0.15, -0.1) is 0 Å². The van der Waals surface area contributed by atoms with Crippen LogP contribution in [0.1, 0.15) is 11.1 Å². The van der Waals surface area contributed by atoms with Crippen molar-refractivity contribution in [1.29, 1.82) is 0 Å². The number of carbonyl (C=O) groups is 3. The molecule has 0 bridgehead atoms. The number of para-hydroxylation sites is 1. The molecule has 0 spiro atoms. The Kier molecular flexibility index (Phi) is 7.84. The molecule has 1 saturated heterocycles. The van der Waals surface area contributed by atoms with Gasteiger partial charge in [0.25, 0.3) is 11.1 Å². The molecule has 1 aliphatic rings. The molecule has 35 heavy (non-hydrogen) atoms. The van der Waals surface area contributed by atoms with Crippen molar-refractivity contribution in [1.82, 2.24) is 4.90 Å². The number of benzene rings is 3. The van der Waals surface area contributed by atoms with Gasteiger partial charge in [-0.05, 0) is 66.7 Å². The second kappa shape index (κ2) is 11.4. The van der Waals surface area contributed by atoms with Crippen molar-refractivity contribution < 1.29 is 23.9 Å². The van der Waals surface area contributed by atoms with E-state index < -0.39 is 17.1 Å². The molecule has 4 rings (SSSR count). The Morgan fingerprint density at radius 1 is 0.886 bits per heavy atom. The highest BCUT2D eigenvalue weighted by Gasteiger charge is 2.36. The fraction of sp³-hybridized carbons (Fsp3) is 0.148. The van der Waals surface area contributed by atoms with Gasteiger partial charge in [-0.25, -0.2) is 0 Å². The number of nitrogens with zero attached hydrogens (tertiary/aromatic N) is 1. The Balaban J connectivity index is 1.27. The topological polar surface area (TPSA) is 84.9 Å². The van der Waals surface area contributed by atoms with Gasteiger partial charge < -0.3 is 14.8 Å². The predicted molar refractivity (Wildman–Crippen MR) is 136 cm³/mol. The molecule has 3 aromatic rings. The number of hydrogen-bond acceptors (Lipinski definition) is 6. The van der Waals surface area contributed by atoms with E-state index >= 15 is 0 Å². The molecule has 1 N–H and O–H groups in total. The third-order valence-corrected chi connectivity index (χ3v) is 5.96. The Labute approximate surface area is 207 Å². The summed E-state index contributed by atoms with van der Waals surface area (Å²) in [6.07, 6.45) is 1.63. The molecule has 0 aliphatic carbocycles. The monoisotopic (exact) mass is 488 g/mol. The number of carbonyl (C=O) groups excluding carboxylic acids is 3. The van der Waals surface area contributed by atoms with Crippen molar-refractivity contribution in [3.05, 3.63) is 94.9 Å². The molecule has 0 aromatic heterocycles. The van der Waals surface area contributed by atoms with E-state index in [-0.39, 0.29) is 11.4 Å². The Morgan fingerprint density at radius 2 is 1.49 bits per heavy atom. The van der Waals surface area contributed by atoms with Gasteiger partial charge in [0.05, 0.1) is 4.91 Å². The normalized spacial score (nSPS) is 14.3. The summed E-state index contributed by atoms with van der Waals surface area (Å²) in [7, 11) is 0. The van der Waals surface area contributed by atoms with Gasteiger partial charge in [0.15, 0.2) is 0 Å². The smallest absolute Gasteiger partial charge is 0.294 e. The van der Waals surface area contributed by atoms with E-state index in [0.29, 0.717) is 24.7 Å². The zero-order valence-corrected chi connectivity index (χ0v) is 19.9. The number of ether oxygens (including phenoxy) is 2. The lowest BCUT2D eigenvalue weighted by atomic mass is 10.2. The van der Waals surface area contributed by atoms with Crippen LogP contribution in [0.25, 0.3) is 6.08 Å². The van der Waals surface area contributed by atoms with Gasteiger partial charge in [-0.1, -0.05) is 48.0 Å². The summed E-state index contributed by atoms with van der Waals surface area (Å²) in [6, 6.07) is 23.9. The van der Waals surface area contributed by atoms with Crippen LogP contribution in [0.5, 0.6) is 11.5 Å². The fourth-order valence-corrected chi connectivity index (χ4v) is 4.11. The Hall–Kier alpha value is -4.04. The van der Waals surface area contributed by atoms with Crippen LogP contribution < -0.4 is 14.8 Å². The average Bonchev–Trinajstić information content (AvgIpc) is 3.12. The van der Waals surface area contributed by atoms with Crippen LogP contribution in [0.4, 0.5) is 10.5 Å². The summed E-state index contributed by atoms with van der Waals surface area (Å²) in [5, 5.41) is 2.20. The lowest BCUT2D eigenvalue weighted by Gasteiger charge is -2.12. The third-order valence-electron chi connectivity index (χ3n) is 5.05. The first-order valence-corrected chi connectivity index (χ1v) is 11.8. The van der Waals surface area contributed by atoms with Crippen LogP contribution >= 0.6 is 11.8 Å². The van der Waals surface area contributed by atoms with Gasteiger partial charge >= 0.3 is 0 Å². The molecular formula is C27H24N2O5S. The molecule has 7 nitrogen and oxygen atoms in total. The van der Waals surface area contributed by atoms with E-state index in [1.165, 1.54) is 5.56 Å². The highest BCUT2D eigenvalue weighted by Crippen LogP contribution is 2.32. The van der Waals surface area contributed by atoms with Crippen molar-refractivity contribution >= 4 is 40.6 Å². The van der Waals surface area contributed by atoms with Crippen molar-refractivity contribution in [2.75, 3.05) is 25.1 Å². The minimum atomic E-state index is -0.489. The number of hydrogen-bond donors (Lipinski definition) is 1. The molecular weight excluding hydrogens is 464 g/mol. The van der Waals surface area contributed by atoms with Crippen LogP contribution in [0.2, 0.25) is 0 Å². The van der Waals surface area contributed by atoms with Gasteiger partial charge in [0.2, 0.25) is 5.91 Å². The summed E-state index contributed by atoms with van der Waals surface area (Å²) in [6.45, 7) is 2.48. The van der Waals surface area contributed by atoms with Crippen LogP contribution in [0.15, 0.2) is 83.8 Å². The summed E-state index contributed by atoms with van der Waals surface area (Å²) in [4.78, 5) is 38.5. The van der Waals surface area contributed by atoms with E-state index in [1.54, 1.807) is 54.6 Å². The minimum absolute atomic E-state index is 0.266. The SMILES string of the molecule is Cc1ccc(OCCOc2ccc(/C=C3\SC(=O)N(CC(=O)Nc4ccccc4)C3=O)cc2)cc1. The third kappa shape index (κ3) is 6.74. The van der Waals surface area contributed by atoms with Gasteiger partial charge in [0.1, 0.15) is 31.3 Å². The number of rotatable bonds is 9. The maximum absolute atomic E-state index is 12.7. The zero-order valence-electron chi connectivity index (χ0n) is 19.1. The Morgan fingerprint density at radius 3 is 2.11 bits per heavy atom. The molecule has 1 heterocycles. The number of nitrogens with one attached hydrogen (secondary N) is 1. The molecule has 0 radical (unpaired) electrons. The van der Waals surface area contributed by atoms with E-state index in [0.717, 1.165) is 28.0 Å². The lowest BCUT2D eigenvalue weighted by molar-refractivity contribution is -0.127. The molecule has 3 aromatic carbocycles. The fourth-order valence-electron chi connectivity index (χ4n) is 3.27. The maximum atomic E-state index is 12.7. The van der Waals surface area contributed by atoms with Crippen molar-refractivity contribution in [2.45, 2.75) is 6.92 Å². The van der Waals surface area contributed by atoms with E-state index in [4.69, 9.17) is 9.47 Å². The largest absolute Gasteiger partial charge is 0.490 e. The first-order chi connectivity index (χ1) is 17.0. The summed E-state index contributed by atoms with van der Waals surface area (Å²) < 4.78 is 11.3. The van der Waals surface area contributed by atoms with Crippen molar-refractivity contribution in [3.63, 3.8) is 0 Å². The molecule has 0 unspecified atom stereocenters. The highest BCUT2D eigenvalue weighted by atomic mass is 32.2. The zero-order chi connectivity index (χ0) is 24.6. The van der Waals surface area contributed by atoms with E-state index in [9.17, 15) is 14.4 Å². The molecule has 0 saturated carbocycles. The Bertz CT molecular complexity index is 1220. The van der Waals surface area contributed by atoms with E-state index in [2.05, 4.69) is 5.32 Å². The quantitative estimate of drug-likeness (QED) is 0.332. The molecule has 0 atom stereocenters. The van der Waals surface area contributed by atoms with E-state index in [1.807, 2.05) is 37.3 Å². The number of thioether (sulfide) groups is 1. The number of imide groups is 1. The second-order valence-electron chi connectivity index (χ2n) is 7.76. The highest BCUT2D eigenvalue weighted by molar-refractivity contribution is 8.18. The van der Waals surface area contributed by atoms with Gasteiger partial charge in [-0.2, -0.15) is 0 Å². The lowest BCUT2D eigenvalue weighted by Crippen LogP contribution is -2.36. The van der Waals surface area contributed by atoms with Crippen molar-refractivity contribution in [3.8, 4) is 11.5 Å². The minimum Gasteiger partial charge on any atom is -0.490 e. The van der Waals surface area contributed by atoms with Crippen LogP contribution in [-0.2, 0) is 9.59 Å². The molecule has 1 aliphatic heterocycles. The average molecular weight is 489 g/mol. The first kappa shape index (κ1) is 24.1. The summed E-state index contributed by atoms with van der Waals surface area (Å²) in [5.41, 5.74) is 2.52. The molecule has 3 amide bonds. The van der Waals surface area contributed by atoms with Crippen molar-refractivity contribution in [2.24, 2.45) is 0 Å². The number of amides is 3.